The number of ether oxygens (including phenoxy) is 1. The van der Waals surface area contributed by atoms with E-state index in [1.807, 2.05) is 6.92 Å². The molecule has 0 aliphatic heterocycles. The molecule has 0 fully saturated rings. The van der Waals surface area contributed by atoms with Crippen molar-refractivity contribution in [1.82, 2.24) is 0 Å². The molecule has 80 valence electrons. The Labute approximate surface area is 77.6 Å². The predicted octanol–water partition coefficient (Wildman–Crippen LogP) is -0.468. The van der Waals surface area contributed by atoms with Crippen molar-refractivity contribution in [3.05, 3.63) is 0 Å². The van der Waals surface area contributed by atoms with E-state index in [1.165, 1.54) is 6.92 Å². The van der Waals surface area contributed by atoms with Crippen LogP contribution in [0.15, 0.2) is 0 Å². The minimum Gasteiger partial charge on any atom is -0.359 e. The van der Waals surface area contributed by atoms with Crippen molar-refractivity contribution in [2.45, 2.75) is 44.9 Å². The molecule has 0 aromatic heterocycles. The Morgan fingerprint density at radius 3 is 2.00 bits per heavy atom. The maximum Gasteiger partial charge on any atom is 0.335 e. The highest BCUT2D eigenvalue weighted by molar-refractivity contribution is 4.71. The van der Waals surface area contributed by atoms with E-state index in [2.05, 4.69) is 4.74 Å². The Bertz CT molecular complexity index is 143. The topological polar surface area (TPSA) is 90.2 Å². The summed E-state index contributed by atoms with van der Waals surface area (Å²) in [7, 11) is 0. The second-order valence-corrected chi connectivity index (χ2v) is 2.98. The summed E-state index contributed by atoms with van der Waals surface area (Å²) < 4.78 is 4.54. The molecule has 0 aromatic rings. The number of hydrogen-bond donors (Lipinski definition) is 4. The van der Waals surface area contributed by atoms with Crippen LogP contribution >= 0.6 is 0 Å². The van der Waals surface area contributed by atoms with Gasteiger partial charge in [0.25, 0.3) is 0 Å². The summed E-state index contributed by atoms with van der Waals surface area (Å²) in [5, 5.41) is 36.4. The van der Waals surface area contributed by atoms with Crippen molar-refractivity contribution >= 4 is 0 Å². The third-order valence-corrected chi connectivity index (χ3v) is 1.82. The van der Waals surface area contributed by atoms with Gasteiger partial charge in [0.15, 0.2) is 0 Å². The maximum absolute atomic E-state index is 9.10. The number of aliphatic hydroxyl groups is 4. The first-order chi connectivity index (χ1) is 5.87. The molecule has 0 aliphatic carbocycles. The van der Waals surface area contributed by atoms with Gasteiger partial charge in [0.05, 0.1) is 6.61 Å². The fourth-order valence-electron chi connectivity index (χ4n) is 0.705. The lowest BCUT2D eigenvalue weighted by molar-refractivity contribution is -0.460. The maximum atomic E-state index is 9.10. The molecule has 0 spiro atoms. The monoisotopic (exact) mass is 194 g/mol. The number of rotatable bonds is 6. The first-order valence-corrected chi connectivity index (χ1v) is 4.40. The van der Waals surface area contributed by atoms with Gasteiger partial charge in [-0.2, -0.15) is 0 Å². The fourth-order valence-corrected chi connectivity index (χ4v) is 0.705. The molecule has 0 radical (unpaired) electrons. The van der Waals surface area contributed by atoms with E-state index >= 15 is 0 Å². The van der Waals surface area contributed by atoms with Crippen LogP contribution in [0, 0.1) is 0 Å². The molecule has 0 unspecified atom stereocenters. The summed E-state index contributed by atoms with van der Waals surface area (Å²) in [6.45, 7) is 3.39. The van der Waals surface area contributed by atoms with E-state index < -0.39 is 11.8 Å². The van der Waals surface area contributed by atoms with Gasteiger partial charge >= 0.3 is 5.97 Å². The lowest BCUT2D eigenvalue weighted by atomic mass is 10.2. The minimum absolute atomic E-state index is 0.0758. The van der Waals surface area contributed by atoms with E-state index in [1.54, 1.807) is 0 Å². The van der Waals surface area contributed by atoms with Crippen LogP contribution in [-0.4, -0.2) is 38.8 Å². The molecule has 0 amide bonds. The zero-order chi connectivity index (χ0) is 10.5. The first-order valence-electron chi connectivity index (χ1n) is 4.40. The highest BCUT2D eigenvalue weighted by Gasteiger charge is 2.47. The van der Waals surface area contributed by atoms with Crippen LogP contribution in [0.25, 0.3) is 0 Å². The summed E-state index contributed by atoms with van der Waals surface area (Å²) in [4.78, 5) is 0. The van der Waals surface area contributed by atoms with Gasteiger partial charge < -0.3 is 25.2 Å². The molecule has 0 bridgehead atoms. The van der Waals surface area contributed by atoms with Gasteiger partial charge in [-0.25, -0.2) is 0 Å². The summed E-state index contributed by atoms with van der Waals surface area (Å²) in [6, 6.07) is 0. The molecule has 0 atom stereocenters. The van der Waals surface area contributed by atoms with Gasteiger partial charge in [-0.15, -0.1) is 0 Å². The van der Waals surface area contributed by atoms with Crippen LogP contribution in [0.1, 0.15) is 33.1 Å². The molecule has 5 nitrogen and oxygen atoms in total. The SMILES string of the molecule is CCCCOC(O)(O)C(O)(O)CC. The van der Waals surface area contributed by atoms with Crippen molar-refractivity contribution < 1.29 is 25.2 Å². The molecule has 13 heavy (non-hydrogen) atoms. The third-order valence-electron chi connectivity index (χ3n) is 1.82. The predicted molar refractivity (Wildman–Crippen MR) is 45.5 cm³/mol. The van der Waals surface area contributed by atoms with Crippen LogP contribution in [-0.2, 0) is 4.74 Å². The molecular weight excluding hydrogens is 176 g/mol. The van der Waals surface area contributed by atoms with Gasteiger partial charge in [0, 0.05) is 6.42 Å². The van der Waals surface area contributed by atoms with Crippen LogP contribution in [0.5, 0.6) is 0 Å². The Morgan fingerprint density at radius 1 is 1.08 bits per heavy atom. The van der Waals surface area contributed by atoms with Crippen LogP contribution in [0.4, 0.5) is 0 Å². The van der Waals surface area contributed by atoms with Crippen molar-refractivity contribution in [2.24, 2.45) is 0 Å². The highest BCUT2D eigenvalue weighted by Crippen LogP contribution is 2.21. The van der Waals surface area contributed by atoms with Crippen LogP contribution in [0.3, 0.4) is 0 Å². The second kappa shape index (κ2) is 4.88. The summed E-state index contributed by atoms with van der Waals surface area (Å²) in [5.74, 6) is -5.52. The number of hydrogen-bond acceptors (Lipinski definition) is 5. The van der Waals surface area contributed by atoms with Crippen molar-refractivity contribution in [2.75, 3.05) is 6.61 Å². The number of unbranched alkanes of at least 4 members (excludes halogenated alkanes) is 1. The molecule has 4 N–H and O–H groups in total. The fraction of sp³-hybridized carbons (Fsp3) is 1.00. The smallest absolute Gasteiger partial charge is 0.335 e. The minimum atomic E-state index is -2.89. The first kappa shape index (κ1) is 12.8. The van der Waals surface area contributed by atoms with Gasteiger partial charge in [0.2, 0.25) is 5.79 Å². The van der Waals surface area contributed by atoms with Crippen molar-refractivity contribution in [3.8, 4) is 0 Å². The van der Waals surface area contributed by atoms with Crippen LogP contribution in [0.2, 0.25) is 0 Å². The zero-order valence-corrected chi connectivity index (χ0v) is 8.03. The van der Waals surface area contributed by atoms with Gasteiger partial charge in [-0.05, 0) is 6.42 Å². The van der Waals surface area contributed by atoms with E-state index in [-0.39, 0.29) is 13.0 Å². The second-order valence-electron chi connectivity index (χ2n) is 2.98. The zero-order valence-electron chi connectivity index (χ0n) is 8.03. The molecule has 0 aliphatic rings. The lowest BCUT2D eigenvalue weighted by Crippen LogP contribution is -2.56. The Hall–Kier alpha value is -0.200. The molecule has 0 saturated heterocycles. The van der Waals surface area contributed by atoms with Gasteiger partial charge in [0.1, 0.15) is 0 Å². The Kier molecular flexibility index (Phi) is 4.80. The van der Waals surface area contributed by atoms with E-state index in [0.29, 0.717) is 6.42 Å². The van der Waals surface area contributed by atoms with Crippen LogP contribution < -0.4 is 0 Å². The Morgan fingerprint density at radius 2 is 1.62 bits per heavy atom. The lowest BCUT2D eigenvalue weighted by Gasteiger charge is -2.33. The average Bonchev–Trinajstić information content (AvgIpc) is 2.04. The van der Waals surface area contributed by atoms with Crippen molar-refractivity contribution in [3.63, 3.8) is 0 Å². The molecule has 5 heteroatoms. The third kappa shape index (κ3) is 3.58. The normalized spacial score (nSPS) is 13.4. The summed E-state index contributed by atoms with van der Waals surface area (Å²) in [6.07, 6.45) is 1.22. The van der Waals surface area contributed by atoms with Gasteiger partial charge in [-0.3, -0.25) is 0 Å². The molecule has 0 heterocycles. The molecule has 0 saturated carbocycles. The highest BCUT2D eigenvalue weighted by atomic mass is 16.8. The van der Waals surface area contributed by atoms with E-state index in [0.717, 1.165) is 6.42 Å². The average molecular weight is 194 g/mol. The van der Waals surface area contributed by atoms with E-state index in [9.17, 15) is 0 Å². The van der Waals surface area contributed by atoms with Crippen molar-refractivity contribution in [1.29, 1.82) is 0 Å². The summed E-state index contributed by atoms with van der Waals surface area (Å²) >= 11 is 0. The quantitative estimate of drug-likeness (QED) is 0.339. The largest absolute Gasteiger partial charge is 0.359 e. The van der Waals surface area contributed by atoms with E-state index in [4.69, 9.17) is 20.4 Å². The molecule has 0 aromatic carbocycles. The Balaban J connectivity index is 4.06. The molecular formula is C8H18O5. The summed E-state index contributed by atoms with van der Waals surface area (Å²) in [5.41, 5.74) is 0. The standard InChI is InChI=1S/C8H18O5/c1-3-5-6-13-8(11,12)7(9,10)4-2/h9-12H,3-6H2,1-2H3. The van der Waals surface area contributed by atoms with Gasteiger partial charge in [-0.1, -0.05) is 20.3 Å². The molecule has 0 rings (SSSR count).